The fourth-order valence-electron chi connectivity index (χ4n) is 2.37. The van der Waals surface area contributed by atoms with E-state index in [1.807, 2.05) is 20.2 Å². The van der Waals surface area contributed by atoms with Crippen molar-refractivity contribution in [3.05, 3.63) is 29.4 Å². The molecule has 21 heavy (non-hydrogen) atoms. The largest absolute Gasteiger partial charge is 0.338 e. The number of hydrogen-bond donors (Lipinski definition) is 1. The SMILES string of the molecule is Cc1noc(C(NC(C)Cn2cnc(C)c2C)C(C)C)n1. The summed E-state index contributed by atoms with van der Waals surface area (Å²) in [4.78, 5) is 8.69. The Morgan fingerprint density at radius 1 is 1.24 bits per heavy atom. The van der Waals surface area contributed by atoms with Crippen molar-refractivity contribution >= 4 is 0 Å². The van der Waals surface area contributed by atoms with Gasteiger partial charge in [0.05, 0.1) is 18.1 Å². The molecule has 2 heterocycles. The quantitative estimate of drug-likeness (QED) is 0.886. The summed E-state index contributed by atoms with van der Waals surface area (Å²) >= 11 is 0. The summed E-state index contributed by atoms with van der Waals surface area (Å²) in [5, 5.41) is 7.47. The predicted molar refractivity (Wildman–Crippen MR) is 80.9 cm³/mol. The van der Waals surface area contributed by atoms with Crippen molar-refractivity contribution in [1.82, 2.24) is 25.0 Å². The third-order valence-corrected chi connectivity index (χ3v) is 3.76. The van der Waals surface area contributed by atoms with Crippen molar-refractivity contribution in [3.8, 4) is 0 Å². The van der Waals surface area contributed by atoms with Crippen LogP contribution in [-0.4, -0.2) is 25.7 Å². The monoisotopic (exact) mass is 291 g/mol. The minimum atomic E-state index is 0.0612. The van der Waals surface area contributed by atoms with Crippen LogP contribution in [0.4, 0.5) is 0 Å². The minimum Gasteiger partial charge on any atom is -0.338 e. The summed E-state index contributed by atoms with van der Waals surface area (Å²) in [6.45, 7) is 13.3. The first kappa shape index (κ1) is 15.7. The molecule has 2 rings (SSSR count). The molecule has 116 valence electrons. The Balaban J connectivity index is 2.05. The smallest absolute Gasteiger partial charge is 0.244 e. The average molecular weight is 291 g/mol. The normalized spacial score (nSPS) is 14.6. The molecule has 0 radical (unpaired) electrons. The zero-order chi connectivity index (χ0) is 15.6. The highest BCUT2D eigenvalue weighted by Gasteiger charge is 2.23. The fourth-order valence-corrected chi connectivity index (χ4v) is 2.37. The van der Waals surface area contributed by atoms with E-state index in [-0.39, 0.29) is 12.1 Å². The zero-order valence-corrected chi connectivity index (χ0v) is 13.7. The third-order valence-electron chi connectivity index (χ3n) is 3.76. The number of aryl methyl sites for hydroxylation is 2. The van der Waals surface area contributed by atoms with E-state index >= 15 is 0 Å². The van der Waals surface area contributed by atoms with Crippen molar-refractivity contribution in [3.63, 3.8) is 0 Å². The molecule has 2 aromatic heterocycles. The van der Waals surface area contributed by atoms with E-state index < -0.39 is 0 Å². The lowest BCUT2D eigenvalue weighted by atomic mass is 10.0. The molecule has 0 fully saturated rings. The van der Waals surface area contributed by atoms with Crippen molar-refractivity contribution in [2.75, 3.05) is 0 Å². The van der Waals surface area contributed by atoms with Gasteiger partial charge in [-0.1, -0.05) is 19.0 Å². The molecular weight excluding hydrogens is 266 g/mol. The molecular formula is C15H25N5O. The molecule has 2 aromatic rings. The maximum absolute atomic E-state index is 5.32. The number of aromatic nitrogens is 4. The number of nitrogens with one attached hydrogen (secondary N) is 1. The highest BCUT2D eigenvalue weighted by molar-refractivity contribution is 5.08. The first-order valence-corrected chi connectivity index (χ1v) is 7.43. The lowest BCUT2D eigenvalue weighted by Crippen LogP contribution is -2.36. The van der Waals surface area contributed by atoms with E-state index in [1.165, 1.54) is 5.69 Å². The second-order valence-electron chi connectivity index (χ2n) is 6.04. The van der Waals surface area contributed by atoms with Crippen LogP contribution in [0, 0.1) is 26.7 Å². The van der Waals surface area contributed by atoms with E-state index in [9.17, 15) is 0 Å². The van der Waals surface area contributed by atoms with Crippen LogP contribution in [0.5, 0.6) is 0 Å². The molecule has 6 nitrogen and oxygen atoms in total. The van der Waals surface area contributed by atoms with Gasteiger partial charge in [0, 0.05) is 18.3 Å². The highest BCUT2D eigenvalue weighted by atomic mass is 16.5. The zero-order valence-electron chi connectivity index (χ0n) is 13.7. The Bertz CT molecular complexity index is 587. The topological polar surface area (TPSA) is 68.8 Å². The van der Waals surface area contributed by atoms with Gasteiger partial charge in [0.25, 0.3) is 0 Å². The van der Waals surface area contributed by atoms with E-state index in [4.69, 9.17) is 4.52 Å². The summed E-state index contributed by atoms with van der Waals surface area (Å²) in [5.74, 6) is 1.71. The molecule has 6 heteroatoms. The van der Waals surface area contributed by atoms with Crippen molar-refractivity contribution in [2.24, 2.45) is 5.92 Å². The Kier molecular flexibility index (Phi) is 4.77. The van der Waals surface area contributed by atoms with Crippen LogP contribution in [0.2, 0.25) is 0 Å². The van der Waals surface area contributed by atoms with Crippen LogP contribution < -0.4 is 5.32 Å². The Morgan fingerprint density at radius 3 is 2.43 bits per heavy atom. The van der Waals surface area contributed by atoms with Gasteiger partial charge in [0.15, 0.2) is 5.82 Å². The average Bonchev–Trinajstić information content (AvgIpc) is 2.97. The first-order chi connectivity index (χ1) is 9.88. The Labute approximate surface area is 126 Å². The summed E-state index contributed by atoms with van der Waals surface area (Å²) < 4.78 is 7.49. The standard InChI is InChI=1S/C15H25N5O/c1-9(2)14(15-18-13(6)19-21-15)17-10(3)7-20-8-16-11(4)12(20)5/h8-10,14,17H,7H2,1-6H3. The van der Waals surface area contributed by atoms with Gasteiger partial charge in [-0.15, -0.1) is 0 Å². The van der Waals surface area contributed by atoms with Gasteiger partial charge in [0.2, 0.25) is 5.89 Å². The summed E-state index contributed by atoms with van der Waals surface area (Å²) in [6, 6.07) is 0.336. The lowest BCUT2D eigenvalue weighted by Gasteiger charge is -2.24. The van der Waals surface area contributed by atoms with Crippen LogP contribution in [0.1, 0.15) is 49.9 Å². The van der Waals surface area contributed by atoms with Gasteiger partial charge in [-0.25, -0.2) is 4.98 Å². The first-order valence-electron chi connectivity index (χ1n) is 7.43. The maximum Gasteiger partial charge on any atom is 0.244 e. The van der Waals surface area contributed by atoms with Crippen LogP contribution in [0.3, 0.4) is 0 Å². The molecule has 2 atom stereocenters. The molecule has 0 bridgehead atoms. The van der Waals surface area contributed by atoms with Gasteiger partial charge >= 0.3 is 0 Å². The summed E-state index contributed by atoms with van der Waals surface area (Å²) in [7, 11) is 0. The minimum absolute atomic E-state index is 0.0612. The molecule has 0 amide bonds. The Hall–Kier alpha value is -1.69. The van der Waals surface area contributed by atoms with E-state index in [2.05, 4.69) is 52.7 Å². The lowest BCUT2D eigenvalue weighted by molar-refractivity contribution is 0.265. The predicted octanol–water partition coefficient (Wildman–Crippen LogP) is 2.57. The van der Waals surface area contributed by atoms with Crippen LogP contribution in [0.25, 0.3) is 0 Å². The number of imidazole rings is 1. The molecule has 2 unspecified atom stereocenters. The Morgan fingerprint density at radius 2 is 1.95 bits per heavy atom. The fraction of sp³-hybridized carbons (Fsp3) is 0.667. The van der Waals surface area contributed by atoms with Crippen molar-refractivity contribution in [2.45, 2.75) is 60.2 Å². The number of hydrogen-bond acceptors (Lipinski definition) is 5. The molecule has 0 aromatic carbocycles. The number of rotatable bonds is 6. The molecule has 0 spiro atoms. The molecule has 0 aliphatic heterocycles. The summed E-state index contributed by atoms with van der Waals surface area (Å²) in [6.07, 6.45) is 1.89. The molecule has 0 aliphatic carbocycles. The van der Waals surface area contributed by atoms with E-state index in [0.717, 1.165) is 12.2 Å². The third kappa shape index (κ3) is 3.69. The maximum atomic E-state index is 5.32. The van der Waals surface area contributed by atoms with Crippen molar-refractivity contribution in [1.29, 1.82) is 0 Å². The second-order valence-corrected chi connectivity index (χ2v) is 6.04. The van der Waals surface area contributed by atoms with Gasteiger partial charge in [-0.2, -0.15) is 4.98 Å². The van der Waals surface area contributed by atoms with Crippen LogP contribution in [0.15, 0.2) is 10.9 Å². The summed E-state index contributed by atoms with van der Waals surface area (Å²) in [5.41, 5.74) is 2.29. The van der Waals surface area contributed by atoms with Gasteiger partial charge in [-0.3, -0.25) is 0 Å². The van der Waals surface area contributed by atoms with Crippen LogP contribution >= 0.6 is 0 Å². The highest BCUT2D eigenvalue weighted by Crippen LogP contribution is 2.21. The molecule has 0 aliphatic rings. The van der Waals surface area contributed by atoms with Gasteiger partial charge in [0.1, 0.15) is 0 Å². The number of nitrogens with zero attached hydrogens (tertiary/aromatic N) is 4. The van der Waals surface area contributed by atoms with Crippen LogP contribution in [-0.2, 0) is 6.54 Å². The van der Waals surface area contributed by atoms with Crippen molar-refractivity contribution < 1.29 is 4.52 Å². The van der Waals surface area contributed by atoms with E-state index in [0.29, 0.717) is 17.6 Å². The van der Waals surface area contributed by atoms with E-state index in [1.54, 1.807) is 0 Å². The molecule has 1 N–H and O–H groups in total. The molecule has 0 saturated carbocycles. The molecule has 0 saturated heterocycles. The second kappa shape index (κ2) is 6.39. The van der Waals surface area contributed by atoms with Gasteiger partial charge in [-0.05, 0) is 33.6 Å². The van der Waals surface area contributed by atoms with Gasteiger partial charge < -0.3 is 14.4 Å².